The maximum absolute atomic E-state index is 14.5. The molecule has 1 N–H and O–H groups in total. The Bertz CT molecular complexity index is 1860. The van der Waals surface area contributed by atoms with Crippen molar-refractivity contribution in [2.24, 2.45) is 0 Å². The smallest absolute Gasteiger partial charge is 0.332 e. The maximum atomic E-state index is 14.5. The first kappa shape index (κ1) is 26.1. The van der Waals surface area contributed by atoms with Crippen LogP contribution in [0.3, 0.4) is 0 Å². The Morgan fingerprint density at radius 1 is 0.881 bits per heavy atom. The van der Waals surface area contributed by atoms with Gasteiger partial charge in [-0.1, -0.05) is 67.6 Å². The van der Waals surface area contributed by atoms with E-state index < -0.39 is 5.54 Å². The number of para-hydroxylation sites is 1. The van der Waals surface area contributed by atoms with Crippen LogP contribution in [-0.2, 0) is 10.3 Å². The Balaban J connectivity index is 1.40. The van der Waals surface area contributed by atoms with Crippen LogP contribution in [0.25, 0.3) is 21.7 Å². The lowest BCUT2D eigenvalue weighted by atomic mass is 9.78. The van der Waals surface area contributed by atoms with Crippen molar-refractivity contribution in [1.82, 2.24) is 9.88 Å². The number of benzene rings is 4. The Kier molecular flexibility index (Phi) is 6.19. The molecule has 2 aliphatic rings. The van der Waals surface area contributed by atoms with E-state index in [2.05, 4.69) is 24.0 Å². The molecule has 42 heavy (non-hydrogen) atoms. The molecule has 0 saturated carbocycles. The molecule has 3 heterocycles. The third kappa shape index (κ3) is 3.73. The van der Waals surface area contributed by atoms with E-state index in [4.69, 9.17) is 9.47 Å². The number of imide groups is 1. The number of urea groups is 1. The van der Waals surface area contributed by atoms with Crippen LogP contribution in [0, 0.1) is 0 Å². The Morgan fingerprint density at radius 2 is 1.64 bits per heavy atom. The minimum absolute atomic E-state index is 0.187. The third-order valence-electron chi connectivity index (χ3n) is 8.67. The van der Waals surface area contributed by atoms with E-state index in [1.165, 1.54) is 4.90 Å². The van der Waals surface area contributed by atoms with Gasteiger partial charge < -0.3 is 19.4 Å². The molecule has 1 fully saturated rings. The van der Waals surface area contributed by atoms with Crippen LogP contribution in [0.2, 0.25) is 0 Å². The molecule has 3 amide bonds. The van der Waals surface area contributed by atoms with Gasteiger partial charge in [0.1, 0.15) is 0 Å². The van der Waals surface area contributed by atoms with Crippen LogP contribution in [-0.4, -0.2) is 41.6 Å². The molecule has 5 aromatic rings. The molecular weight excluding hydrogens is 526 g/mol. The zero-order chi connectivity index (χ0) is 29.0. The minimum Gasteiger partial charge on any atom is -0.490 e. The molecule has 0 bridgehead atoms. The molecule has 4 aromatic carbocycles. The number of nitrogens with one attached hydrogen (secondary N) is 1. The fourth-order valence-corrected chi connectivity index (χ4v) is 6.65. The van der Waals surface area contributed by atoms with Gasteiger partial charge in [-0.05, 0) is 61.0 Å². The predicted molar refractivity (Wildman–Crippen MR) is 164 cm³/mol. The molecule has 0 unspecified atom stereocenters. The molecule has 1 saturated heterocycles. The van der Waals surface area contributed by atoms with Gasteiger partial charge in [-0.3, -0.25) is 4.79 Å². The normalized spacial score (nSPS) is 19.8. The standard InChI is InChI=1S/C35H33N3O4/c1-4-19-42-29-18-17-23(20-30(29)41-5-2)26-21-37-34(40)38(28-16-10-12-22-11-6-7-13-24(22)28)33(39)35(37,3)32-31(26)25-14-8-9-15-27(25)36-32/h6-18,20,26,36H,4-5,19,21H2,1-3H3/t26-,35+/m1/s1. The monoisotopic (exact) mass is 559 g/mol. The van der Waals surface area contributed by atoms with Crippen LogP contribution in [0.1, 0.15) is 49.9 Å². The first-order chi connectivity index (χ1) is 20.5. The number of aromatic nitrogens is 1. The number of hydrogen-bond acceptors (Lipinski definition) is 4. The summed E-state index contributed by atoms with van der Waals surface area (Å²) in [6.07, 6.45) is 0.894. The molecule has 212 valence electrons. The number of hydrogen-bond donors (Lipinski definition) is 1. The molecule has 0 spiro atoms. The molecular formula is C35H33N3O4. The van der Waals surface area contributed by atoms with Crippen LogP contribution in [0.4, 0.5) is 10.5 Å². The number of ether oxygens (including phenoxy) is 2. The second-order valence-corrected chi connectivity index (χ2v) is 11.1. The van der Waals surface area contributed by atoms with Gasteiger partial charge in [-0.25, -0.2) is 9.69 Å². The molecule has 2 atom stereocenters. The van der Waals surface area contributed by atoms with Gasteiger partial charge in [-0.2, -0.15) is 0 Å². The summed E-state index contributed by atoms with van der Waals surface area (Å²) in [5.74, 6) is 0.942. The molecule has 1 aromatic heterocycles. The van der Waals surface area contributed by atoms with Gasteiger partial charge in [0.15, 0.2) is 17.0 Å². The summed E-state index contributed by atoms with van der Waals surface area (Å²) >= 11 is 0. The number of fused-ring (bicyclic) bond motifs is 6. The van der Waals surface area contributed by atoms with Gasteiger partial charge in [0, 0.05) is 28.8 Å². The van der Waals surface area contributed by atoms with Gasteiger partial charge in [0.25, 0.3) is 5.91 Å². The second kappa shape index (κ2) is 9.94. The number of H-pyrrole nitrogens is 1. The second-order valence-electron chi connectivity index (χ2n) is 11.1. The van der Waals surface area contributed by atoms with E-state index in [9.17, 15) is 9.59 Å². The quantitative estimate of drug-likeness (QED) is 0.212. The summed E-state index contributed by atoms with van der Waals surface area (Å²) in [6.45, 7) is 7.35. The van der Waals surface area contributed by atoms with Crippen molar-refractivity contribution in [2.45, 2.75) is 38.6 Å². The highest BCUT2D eigenvalue weighted by Crippen LogP contribution is 2.51. The highest BCUT2D eigenvalue weighted by molar-refractivity contribution is 6.26. The van der Waals surface area contributed by atoms with Crippen LogP contribution in [0.5, 0.6) is 11.5 Å². The molecule has 0 aliphatic carbocycles. The lowest BCUT2D eigenvalue weighted by Crippen LogP contribution is -2.50. The van der Waals surface area contributed by atoms with Crippen LogP contribution >= 0.6 is 0 Å². The zero-order valence-corrected chi connectivity index (χ0v) is 24.0. The number of amides is 3. The van der Waals surface area contributed by atoms with E-state index in [1.54, 1.807) is 4.90 Å². The molecule has 7 nitrogen and oxygen atoms in total. The number of aromatic amines is 1. The van der Waals surface area contributed by atoms with E-state index in [0.717, 1.165) is 44.9 Å². The van der Waals surface area contributed by atoms with Crippen molar-refractivity contribution in [3.63, 3.8) is 0 Å². The topological polar surface area (TPSA) is 74.9 Å². The van der Waals surface area contributed by atoms with Gasteiger partial charge in [-0.15, -0.1) is 0 Å². The first-order valence-corrected chi connectivity index (χ1v) is 14.6. The summed E-state index contributed by atoms with van der Waals surface area (Å²) < 4.78 is 12.0. The van der Waals surface area contributed by atoms with Crippen molar-refractivity contribution in [1.29, 1.82) is 0 Å². The Morgan fingerprint density at radius 3 is 2.45 bits per heavy atom. The molecule has 7 rings (SSSR count). The van der Waals surface area contributed by atoms with Crippen LogP contribution < -0.4 is 14.4 Å². The predicted octanol–water partition coefficient (Wildman–Crippen LogP) is 7.34. The number of nitrogens with zero attached hydrogens (tertiary/aromatic N) is 2. The van der Waals surface area contributed by atoms with Crippen molar-refractivity contribution < 1.29 is 19.1 Å². The van der Waals surface area contributed by atoms with Crippen molar-refractivity contribution in [3.05, 3.63) is 102 Å². The largest absolute Gasteiger partial charge is 0.490 e. The zero-order valence-electron chi connectivity index (χ0n) is 24.0. The molecule has 2 aliphatic heterocycles. The maximum Gasteiger partial charge on any atom is 0.332 e. The number of rotatable bonds is 7. The lowest BCUT2D eigenvalue weighted by Gasteiger charge is -2.40. The fourth-order valence-electron chi connectivity index (χ4n) is 6.65. The SMILES string of the molecule is CCCOc1ccc([C@H]2CN3C(=O)N(c4cccc5ccccc45)C(=O)[C@]3(C)c3[nH]c4ccccc4c32)cc1OCC. The first-order valence-electron chi connectivity index (χ1n) is 14.6. The number of anilines is 1. The van der Waals surface area contributed by atoms with Gasteiger partial charge in [0.2, 0.25) is 0 Å². The number of carbonyl (C=O) groups is 2. The highest BCUT2D eigenvalue weighted by Gasteiger charge is 2.60. The minimum atomic E-state index is -1.19. The van der Waals surface area contributed by atoms with Crippen molar-refractivity contribution in [3.8, 4) is 11.5 Å². The molecule has 7 heteroatoms. The van der Waals surface area contributed by atoms with Crippen molar-refractivity contribution in [2.75, 3.05) is 24.7 Å². The van der Waals surface area contributed by atoms with Gasteiger partial charge in [0.05, 0.1) is 24.6 Å². The van der Waals surface area contributed by atoms with Gasteiger partial charge >= 0.3 is 6.03 Å². The summed E-state index contributed by atoms with van der Waals surface area (Å²) in [5.41, 5.74) is 3.14. The summed E-state index contributed by atoms with van der Waals surface area (Å²) in [7, 11) is 0. The van der Waals surface area contributed by atoms with Crippen molar-refractivity contribution >= 4 is 39.3 Å². The highest BCUT2D eigenvalue weighted by atomic mass is 16.5. The Hall–Kier alpha value is -4.78. The Labute approximate surface area is 244 Å². The fraction of sp³-hybridized carbons (Fsp3) is 0.257. The number of carbonyl (C=O) groups excluding carboxylic acids is 2. The van der Waals surface area contributed by atoms with E-state index >= 15 is 0 Å². The summed E-state index contributed by atoms with van der Waals surface area (Å²) in [6, 6.07) is 27.4. The average Bonchev–Trinajstić information content (AvgIpc) is 3.49. The summed E-state index contributed by atoms with van der Waals surface area (Å²) in [4.78, 5) is 35.5. The van der Waals surface area contributed by atoms with Crippen LogP contribution in [0.15, 0.2) is 84.9 Å². The van der Waals surface area contributed by atoms with E-state index in [-0.39, 0.29) is 17.9 Å². The third-order valence-corrected chi connectivity index (χ3v) is 8.67. The lowest BCUT2D eigenvalue weighted by molar-refractivity contribution is -0.125. The summed E-state index contributed by atoms with van der Waals surface area (Å²) in [5, 5.41) is 2.89. The van der Waals surface area contributed by atoms with E-state index in [0.29, 0.717) is 36.9 Å². The van der Waals surface area contributed by atoms with E-state index in [1.807, 2.05) is 86.6 Å². The molecule has 0 radical (unpaired) electrons. The average molecular weight is 560 g/mol.